The fraction of sp³-hybridized carbons (Fsp3) is 0.550. The van der Waals surface area contributed by atoms with E-state index in [9.17, 15) is 4.79 Å². The number of piperidine rings is 1. The molecule has 1 fully saturated rings. The molecule has 1 aromatic rings. The number of carbonyl (C=O) groups excluding carboxylic acids is 1. The van der Waals surface area contributed by atoms with Gasteiger partial charge in [0.05, 0.1) is 0 Å². The van der Waals surface area contributed by atoms with Crippen LogP contribution in [0.25, 0.3) is 0 Å². The van der Waals surface area contributed by atoms with Gasteiger partial charge in [0.15, 0.2) is 0 Å². The Morgan fingerprint density at radius 2 is 1.83 bits per heavy atom. The van der Waals surface area contributed by atoms with Crippen LogP contribution in [0, 0.1) is 11.8 Å². The van der Waals surface area contributed by atoms with Crippen molar-refractivity contribution in [2.45, 2.75) is 38.0 Å². The van der Waals surface area contributed by atoms with Gasteiger partial charge in [0.1, 0.15) is 0 Å². The molecule has 2 N–H and O–H groups in total. The van der Waals surface area contributed by atoms with Crippen LogP contribution in [0.1, 0.15) is 38.2 Å². The molecule has 3 nitrogen and oxygen atoms in total. The van der Waals surface area contributed by atoms with Crippen LogP contribution in [0.2, 0.25) is 0 Å². The Hall–Kier alpha value is -1.61. The third kappa shape index (κ3) is 3.20. The predicted octanol–water partition coefficient (Wildman–Crippen LogP) is 3.11. The first-order valence-electron chi connectivity index (χ1n) is 8.86. The lowest BCUT2D eigenvalue weighted by Crippen LogP contribution is -2.50. The average molecular weight is 312 g/mol. The van der Waals surface area contributed by atoms with E-state index in [1.165, 1.54) is 5.56 Å². The number of hydrogen-bond acceptors (Lipinski definition) is 2. The van der Waals surface area contributed by atoms with Gasteiger partial charge in [-0.25, -0.2) is 0 Å². The van der Waals surface area contributed by atoms with Crippen molar-refractivity contribution in [3.63, 3.8) is 0 Å². The normalized spacial score (nSPS) is 27.0. The third-order valence-corrected chi connectivity index (χ3v) is 5.88. The third-order valence-electron chi connectivity index (χ3n) is 5.88. The maximum atomic E-state index is 12.9. The van der Waals surface area contributed by atoms with Crippen LogP contribution in [-0.4, -0.2) is 30.4 Å². The van der Waals surface area contributed by atoms with Crippen molar-refractivity contribution in [3.8, 4) is 0 Å². The summed E-state index contributed by atoms with van der Waals surface area (Å²) in [6.07, 6.45) is 8.24. The van der Waals surface area contributed by atoms with Gasteiger partial charge >= 0.3 is 0 Å². The number of likely N-dealkylation sites (tertiary alicyclic amines) is 1. The highest BCUT2D eigenvalue weighted by atomic mass is 16.2. The molecule has 3 heteroatoms. The first kappa shape index (κ1) is 16.3. The Labute approximate surface area is 139 Å². The van der Waals surface area contributed by atoms with Gasteiger partial charge in [0.25, 0.3) is 0 Å². The topological polar surface area (TPSA) is 46.3 Å². The van der Waals surface area contributed by atoms with Gasteiger partial charge in [0.2, 0.25) is 5.91 Å². The minimum atomic E-state index is 0.0378. The van der Waals surface area contributed by atoms with Gasteiger partial charge < -0.3 is 10.6 Å². The van der Waals surface area contributed by atoms with Crippen LogP contribution >= 0.6 is 0 Å². The average Bonchev–Trinajstić information content (AvgIpc) is 2.62. The SMILES string of the molecule is C[C@@H]1CC=CC[C@H]1C(=O)N1CCC(CN)(c2ccccc2)CC1. The summed E-state index contributed by atoms with van der Waals surface area (Å²) in [5.41, 5.74) is 7.50. The molecule has 23 heavy (non-hydrogen) atoms. The number of allylic oxidation sites excluding steroid dienone is 2. The summed E-state index contributed by atoms with van der Waals surface area (Å²) < 4.78 is 0. The number of nitrogens with zero attached hydrogens (tertiary/aromatic N) is 1. The second-order valence-electron chi connectivity index (χ2n) is 7.20. The molecule has 0 radical (unpaired) electrons. The molecule has 0 aromatic heterocycles. The van der Waals surface area contributed by atoms with Crippen LogP contribution in [0.15, 0.2) is 42.5 Å². The lowest BCUT2D eigenvalue weighted by atomic mass is 9.72. The van der Waals surface area contributed by atoms with Crippen LogP contribution in [0.4, 0.5) is 0 Å². The highest BCUT2D eigenvalue weighted by Gasteiger charge is 2.38. The van der Waals surface area contributed by atoms with Gasteiger partial charge in [-0.3, -0.25) is 4.79 Å². The van der Waals surface area contributed by atoms with E-state index in [0.717, 1.165) is 38.8 Å². The van der Waals surface area contributed by atoms with Crippen molar-refractivity contribution in [2.75, 3.05) is 19.6 Å². The van der Waals surface area contributed by atoms with Crippen LogP contribution in [0.3, 0.4) is 0 Å². The van der Waals surface area contributed by atoms with E-state index >= 15 is 0 Å². The molecule has 1 amide bonds. The summed E-state index contributed by atoms with van der Waals surface area (Å²) in [5.74, 6) is 0.977. The molecule has 3 rings (SSSR count). The van der Waals surface area contributed by atoms with Crippen LogP contribution < -0.4 is 5.73 Å². The summed E-state index contributed by atoms with van der Waals surface area (Å²) in [4.78, 5) is 14.9. The van der Waals surface area contributed by atoms with Crippen molar-refractivity contribution in [2.24, 2.45) is 17.6 Å². The lowest BCUT2D eigenvalue weighted by molar-refractivity contribution is -0.138. The van der Waals surface area contributed by atoms with E-state index in [0.29, 0.717) is 18.4 Å². The fourth-order valence-electron chi connectivity index (χ4n) is 4.09. The zero-order valence-electron chi connectivity index (χ0n) is 14.1. The van der Waals surface area contributed by atoms with Gasteiger partial charge in [-0.05, 0) is 37.2 Å². The number of amides is 1. The molecule has 0 saturated carbocycles. The highest BCUT2D eigenvalue weighted by Crippen LogP contribution is 2.36. The molecular weight excluding hydrogens is 284 g/mol. The van der Waals surface area contributed by atoms with Gasteiger partial charge in [-0.2, -0.15) is 0 Å². The number of rotatable bonds is 3. The first-order chi connectivity index (χ1) is 11.2. The zero-order chi connectivity index (χ0) is 16.3. The van der Waals surface area contributed by atoms with E-state index in [1.54, 1.807) is 0 Å². The van der Waals surface area contributed by atoms with Crippen molar-refractivity contribution >= 4 is 5.91 Å². The number of carbonyl (C=O) groups is 1. The molecule has 1 saturated heterocycles. The minimum Gasteiger partial charge on any atom is -0.342 e. The Bertz CT molecular complexity index is 558. The van der Waals surface area contributed by atoms with Crippen molar-refractivity contribution in [1.82, 2.24) is 4.90 Å². The summed E-state index contributed by atoms with van der Waals surface area (Å²) in [7, 11) is 0. The molecule has 2 aliphatic rings. The Kier molecular flexibility index (Phi) is 4.86. The molecule has 124 valence electrons. The Morgan fingerprint density at radius 3 is 2.43 bits per heavy atom. The Morgan fingerprint density at radius 1 is 1.17 bits per heavy atom. The molecule has 1 aliphatic carbocycles. The van der Waals surface area contributed by atoms with Crippen LogP contribution in [-0.2, 0) is 10.2 Å². The number of nitrogens with two attached hydrogens (primary N) is 1. The molecule has 0 bridgehead atoms. The standard InChI is InChI=1S/C20H28N2O/c1-16-7-5-6-10-18(16)19(23)22-13-11-20(15-21,12-14-22)17-8-3-2-4-9-17/h2-6,8-9,16,18H,7,10-15,21H2,1H3/t16-,18-/m1/s1. The second kappa shape index (κ2) is 6.88. The smallest absolute Gasteiger partial charge is 0.226 e. The maximum Gasteiger partial charge on any atom is 0.226 e. The molecule has 1 aliphatic heterocycles. The quantitative estimate of drug-likeness (QED) is 0.872. The summed E-state index contributed by atoms with van der Waals surface area (Å²) in [5, 5.41) is 0. The minimum absolute atomic E-state index is 0.0378. The lowest BCUT2D eigenvalue weighted by Gasteiger charge is -2.43. The zero-order valence-corrected chi connectivity index (χ0v) is 14.1. The predicted molar refractivity (Wildman–Crippen MR) is 94.0 cm³/mol. The van der Waals surface area contributed by atoms with Crippen molar-refractivity contribution < 1.29 is 4.79 Å². The van der Waals surface area contributed by atoms with Crippen molar-refractivity contribution in [1.29, 1.82) is 0 Å². The Balaban J connectivity index is 1.68. The summed E-state index contributed by atoms with van der Waals surface area (Å²) in [6, 6.07) is 10.6. The number of benzene rings is 1. The van der Waals surface area contributed by atoms with Crippen LogP contribution in [0.5, 0.6) is 0 Å². The summed E-state index contributed by atoms with van der Waals surface area (Å²) in [6.45, 7) is 4.52. The molecular formula is C20H28N2O. The largest absolute Gasteiger partial charge is 0.342 e. The molecule has 2 atom stereocenters. The van der Waals surface area contributed by atoms with Gasteiger partial charge in [-0.15, -0.1) is 0 Å². The summed E-state index contributed by atoms with van der Waals surface area (Å²) >= 11 is 0. The van der Waals surface area contributed by atoms with Gasteiger partial charge in [-0.1, -0.05) is 49.4 Å². The maximum absolute atomic E-state index is 12.9. The van der Waals surface area contributed by atoms with E-state index < -0.39 is 0 Å². The first-order valence-corrected chi connectivity index (χ1v) is 8.86. The number of hydrogen-bond donors (Lipinski definition) is 1. The van der Waals surface area contributed by atoms with E-state index in [2.05, 4.69) is 48.2 Å². The van der Waals surface area contributed by atoms with E-state index in [-0.39, 0.29) is 11.3 Å². The van der Waals surface area contributed by atoms with E-state index in [4.69, 9.17) is 5.73 Å². The molecule has 0 spiro atoms. The molecule has 0 unspecified atom stereocenters. The molecule has 1 heterocycles. The monoisotopic (exact) mass is 312 g/mol. The second-order valence-corrected chi connectivity index (χ2v) is 7.20. The highest BCUT2D eigenvalue weighted by molar-refractivity contribution is 5.79. The molecule has 1 aromatic carbocycles. The van der Waals surface area contributed by atoms with Gasteiger partial charge in [0, 0.05) is 31.0 Å². The fourth-order valence-corrected chi connectivity index (χ4v) is 4.09. The van der Waals surface area contributed by atoms with E-state index in [1.807, 2.05) is 6.07 Å². The van der Waals surface area contributed by atoms with Crippen molar-refractivity contribution in [3.05, 3.63) is 48.0 Å².